The van der Waals surface area contributed by atoms with Crippen LogP contribution in [0.25, 0.3) is 0 Å². The molecule has 1 amide bonds. The Kier molecular flexibility index (Phi) is 3.75. The normalized spacial score (nSPS) is 27.3. The van der Waals surface area contributed by atoms with E-state index < -0.39 is 0 Å². The van der Waals surface area contributed by atoms with E-state index in [1.165, 1.54) is 12.2 Å². The highest BCUT2D eigenvalue weighted by Crippen LogP contribution is 2.23. The van der Waals surface area contributed by atoms with E-state index in [4.69, 9.17) is 16.4 Å². The summed E-state index contributed by atoms with van der Waals surface area (Å²) in [4.78, 5) is 16.4. The fraction of sp³-hybridized carbons (Fsp3) is 0.667. The zero-order chi connectivity index (χ0) is 9.84. The molecule has 0 radical (unpaired) electrons. The van der Waals surface area contributed by atoms with Crippen molar-refractivity contribution in [3.8, 4) is 0 Å². The number of alkyl halides is 1. The van der Waals surface area contributed by atoms with Crippen molar-refractivity contribution >= 4 is 17.5 Å². The second kappa shape index (κ2) is 4.63. The van der Waals surface area contributed by atoms with Gasteiger partial charge in [0, 0.05) is 13.0 Å². The van der Waals surface area contributed by atoms with Gasteiger partial charge in [-0.2, -0.15) is 0 Å². The molecule has 0 aliphatic heterocycles. The van der Waals surface area contributed by atoms with Crippen molar-refractivity contribution in [3.63, 3.8) is 0 Å². The van der Waals surface area contributed by atoms with Gasteiger partial charge < -0.3 is 0 Å². The van der Waals surface area contributed by atoms with Crippen molar-refractivity contribution in [2.45, 2.75) is 18.2 Å². The van der Waals surface area contributed by atoms with E-state index in [1.807, 2.05) is 12.2 Å². The third-order valence-corrected chi connectivity index (χ3v) is 2.53. The lowest BCUT2D eigenvalue weighted by Gasteiger charge is -2.24. The Bertz CT molecular complexity index is 218. The molecule has 13 heavy (non-hydrogen) atoms. The second-order valence-electron chi connectivity index (χ2n) is 3.13. The number of hydroxylamine groups is 2. The van der Waals surface area contributed by atoms with Gasteiger partial charge in [-0.25, -0.2) is 5.06 Å². The maximum Gasteiger partial charge on any atom is 0.249 e. The minimum Gasteiger partial charge on any atom is -0.275 e. The van der Waals surface area contributed by atoms with Crippen LogP contribution in [0, 0.1) is 5.92 Å². The summed E-state index contributed by atoms with van der Waals surface area (Å²) in [5.41, 5.74) is 0. The highest BCUT2D eigenvalue weighted by atomic mass is 35.5. The number of amides is 1. The van der Waals surface area contributed by atoms with Crippen LogP contribution in [0.1, 0.15) is 12.8 Å². The largest absolute Gasteiger partial charge is 0.275 e. The quantitative estimate of drug-likeness (QED) is 0.388. The predicted octanol–water partition coefficient (Wildman–Crippen LogP) is 1.58. The van der Waals surface area contributed by atoms with E-state index in [2.05, 4.69) is 0 Å². The molecule has 0 bridgehead atoms. The van der Waals surface area contributed by atoms with Crippen LogP contribution in [-0.4, -0.2) is 30.5 Å². The molecule has 0 fully saturated rings. The summed E-state index contributed by atoms with van der Waals surface area (Å²) >= 11 is 5.90. The van der Waals surface area contributed by atoms with Gasteiger partial charge in [0.25, 0.3) is 0 Å². The Hall–Kier alpha value is -0.540. The summed E-state index contributed by atoms with van der Waals surface area (Å²) in [5, 5.41) is 1.24. The molecule has 0 aromatic carbocycles. The van der Waals surface area contributed by atoms with Crippen LogP contribution >= 0.6 is 11.6 Å². The zero-order valence-corrected chi connectivity index (χ0v) is 8.62. The van der Waals surface area contributed by atoms with Crippen LogP contribution in [0.5, 0.6) is 0 Å². The van der Waals surface area contributed by atoms with Crippen LogP contribution in [0.2, 0.25) is 0 Å². The number of rotatable bonds is 2. The monoisotopic (exact) mass is 203 g/mol. The first-order valence-electron chi connectivity index (χ1n) is 4.27. The first kappa shape index (κ1) is 10.5. The molecule has 1 aliphatic carbocycles. The van der Waals surface area contributed by atoms with E-state index in [-0.39, 0.29) is 17.2 Å². The van der Waals surface area contributed by atoms with Gasteiger partial charge in [0.2, 0.25) is 5.91 Å². The lowest BCUT2D eigenvalue weighted by atomic mass is 9.93. The number of carbonyl (C=O) groups is 1. The van der Waals surface area contributed by atoms with Gasteiger partial charge in [-0.05, 0) is 12.8 Å². The summed E-state index contributed by atoms with van der Waals surface area (Å²) in [7, 11) is 3.10. The average molecular weight is 204 g/mol. The molecule has 0 saturated heterocycles. The maximum absolute atomic E-state index is 11.6. The van der Waals surface area contributed by atoms with Crippen LogP contribution < -0.4 is 0 Å². The van der Waals surface area contributed by atoms with Crippen LogP contribution in [0.3, 0.4) is 0 Å². The lowest BCUT2D eigenvalue weighted by molar-refractivity contribution is -0.173. The molecule has 0 saturated carbocycles. The fourth-order valence-electron chi connectivity index (χ4n) is 1.39. The summed E-state index contributed by atoms with van der Waals surface area (Å²) in [5.74, 6) is -0.0325. The molecule has 2 unspecified atom stereocenters. The maximum atomic E-state index is 11.6. The first-order chi connectivity index (χ1) is 6.15. The van der Waals surface area contributed by atoms with Crippen LogP contribution in [-0.2, 0) is 9.63 Å². The number of nitrogens with zero attached hydrogens (tertiary/aromatic N) is 1. The minimum absolute atomic E-state index is 0.00231. The predicted molar refractivity (Wildman–Crippen MR) is 51.3 cm³/mol. The number of allylic oxidation sites excluding steroid dienone is 2. The van der Waals surface area contributed by atoms with Crippen LogP contribution in [0.4, 0.5) is 0 Å². The third-order valence-electron chi connectivity index (χ3n) is 2.21. The Morgan fingerprint density at radius 3 is 2.92 bits per heavy atom. The van der Waals surface area contributed by atoms with E-state index in [0.29, 0.717) is 6.42 Å². The third kappa shape index (κ3) is 2.71. The Morgan fingerprint density at radius 2 is 2.38 bits per heavy atom. The number of hydrogen-bond donors (Lipinski definition) is 0. The van der Waals surface area contributed by atoms with Gasteiger partial charge in [-0.1, -0.05) is 12.2 Å². The number of halogens is 1. The highest BCUT2D eigenvalue weighted by molar-refractivity contribution is 6.22. The minimum atomic E-state index is -0.0301. The summed E-state index contributed by atoms with van der Waals surface area (Å²) in [6.45, 7) is 0. The molecular formula is C9H14ClNO2. The van der Waals surface area contributed by atoms with E-state index in [0.717, 1.165) is 6.42 Å². The molecule has 1 rings (SSSR count). The fourth-order valence-corrected chi connectivity index (χ4v) is 1.70. The smallest absolute Gasteiger partial charge is 0.249 e. The molecule has 0 N–H and O–H groups in total. The molecule has 0 spiro atoms. The number of hydrogen-bond acceptors (Lipinski definition) is 2. The second-order valence-corrected chi connectivity index (χ2v) is 3.69. The van der Waals surface area contributed by atoms with Gasteiger partial charge in [0.1, 0.15) is 0 Å². The van der Waals surface area contributed by atoms with Crippen molar-refractivity contribution < 1.29 is 9.63 Å². The summed E-state index contributed by atoms with van der Waals surface area (Å²) in [6, 6.07) is 0. The molecule has 3 nitrogen and oxygen atoms in total. The van der Waals surface area contributed by atoms with Gasteiger partial charge in [0.05, 0.1) is 12.5 Å². The molecule has 4 heteroatoms. The van der Waals surface area contributed by atoms with Gasteiger partial charge >= 0.3 is 0 Å². The van der Waals surface area contributed by atoms with Crippen LogP contribution in [0.15, 0.2) is 12.2 Å². The average Bonchev–Trinajstić information content (AvgIpc) is 2.15. The highest BCUT2D eigenvalue weighted by Gasteiger charge is 2.25. The molecule has 74 valence electrons. The number of carbonyl (C=O) groups excluding carboxylic acids is 1. The summed E-state index contributed by atoms with van der Waals surface area (Å²) < 4.78 is 0. The van der Waals surface area contributed by atoms with E-state index >= 15 is 0 Å². The molecule has 0 aromatic heterocycles. The van der Waals surface area contributed by atoms with Gasteiger partial charge in [-0.3, -0.25) is 9.63 Å². The van der Waals surface area contributed by atoms with Gasteiger partial charge in [-0.15, -0.1) is 11.6 Å². The first-order valence-corrected chi connectivity index (χ1v) is 4.71. The Balaban J connectivity index is 2.53. The van der Waals surface area contributed by atoms with Crippen molar-refractivity contribution in [2.75, 3.05) is 14.2 Å². The van der Waals surface area contributed by atoms with Crippen molar-refractivity contribution in [2.24, 2.45) is 5.92 Å². The Morgan fingerprint density at radius 1 is 1.69 bits per heavy atom. The SMILES string of the molecule is CON(C)C(=O)C1CC=CC(Cl)C1. The van der Waals surface area contributed by atoms with Crippen molar-refractivity contribution in [1.82, 2.24) is 5.06 Å². The lowest BCUT2D eigenvalue weighted by Crippen LogP contribution is -2.33. The molecule has 0 aromatic rings. The van der Waals surface area contributed by atoms with E-state index in [9.17, 15) is 4.79 Å². The Labute approximate surface area is 83.3 Å². The van der Waals surface area contributed by atoms with Gasteiger partial charge in [0.15, 0.2) is 0 Å². The standard InChI is InChI=1S/C9H14ClNO2/c1-11(13-2)9(12)7-4-3-5-8(10)6-7/h3,5,7-8H,4,6H2,1-2H3. The van der Waals surface area contributed by atoms with Crippen molar-refractivity contribution in [1.29, 1.82) is 0 Å². The molecule has 1 aliphatic rings. The summed E-state index contributed by atoms with van der Waals surface area (Å²) in [6.07, 6.45) is 5.34. The van der Waals surface area contributed by atoms with E-state index in [1.54, 1.807) is 7.05 Å². The molecular weight excluding hydrogens is 190 g/mol. The zero-order valence-electron chi connectivity index (χ0n) is 7.87. The van der Waals surface area contributed by atoms with Crippen molar-refractivity contribution in [3.05, 3.63) is 12.2 Å². The molecule has 2 atom stereocenters. The molecule has 0 heterocycles. The topological polar surface area (TPSA) is 29.5 Å².